The van der Waals surface area contributed by atoms with E-state index in [9.17, 15) is 4.79 Å². The van der Waals surface area contributed by atoms with Gasteiger partial charge in [-0.05, 0) is 0 Å². The van der Waals surface area contributed by atoms with E-state index >= 15 is 0 Å². The lowest BCUT2D eigenvalue weighted by atomic mass is 10.3. The SMILES string of the molecule is Cn1nccc1N1CC(N)CC1=O. The van der Waals surface area contributed by atoms with E-state index in [0.29, 0.717) is 13.0 Å². The highest BCUT2D eigenvalue weighted by Gasteiger charge is 2.29. The van der Waals surface area contributed by atoms with Gasteiger partial charge in [0.25, 0.3) is 0 Å². The Labute approximate surface area is 76.1 Å². The van der Waals surface area contributed by atoms with Gasteiger partial charge in [0, 0.05) is 32.1 Å². The molecule has 0 aliphatic carbocycles. The van der Waals surface area contributed by atoms with Gasteiger partial charge in [-0.25, -0.2) is 0 Å². The number of hydrogen-bond acceptors (Lipinski definition) is 3. The lowest BCUT2D eigenvalue weighted by molar-refractivity contribution is -0.117. The van der Waals surface area contributed by atoms with Crippen molar-refractivity contribution in [1.29, 1.82) is 0 Å². The average molecular weight is 180 g/mol. The fourth-order valence-electron chi connectivity index (χ4n) is 1.59. The number of hydrogen-bond donors (Lipinski definition) is 1. The van der Waals surface area contributed by atoms with Crippen molar-refractivity contribution in [2.75, 3.05) is 11.4 Å². The van der Waals surface area contributed by atoms with E-state index in [1.807, 2.05) is 13.1 Å². The van der Waals surface area contributed by atoms with Gasteiger partial charge in [-0.1, -0.05) is 0 Å². The lowest BCUT2D eigenvalue weighted by Crippen LogP contribution is -2.29. The maximum absolute atomic E-state index is 11.4. The Morgan fingerprint density at radius 3 is 2.92 bits per heavy atom. The summed E-state index contributed by atoms with van der Waals surface area (Å²) in [4.78, 5) is 13.1. The molecular formula is C8H12N4O. The van der Waals surface area contributed by atoms with Gasteiger partial charge in [-0.3, -0.25) is 14.4 Å². The number of rotatable bonds is 1. The molecule has 2 heterocycles. The van der Waals surface area contributed by atoms with Crippen LogP contribution >= 0.6 is 0 Å². The molecule has 5 nitrogen and oxygen atoms in total. The number of anilines is 1. The quantitative estimate of drug-likeness (QED) is 0.632. The smallest absolute Gasteiger partial charge is 0.229 e. The number of carbonyl (C=O) groups is 1. The van der Waals surface area contributed by atoms with Crippen LogP contribution in [0.15, 0.2) is 12.3 Å². The summed E-state index contributed by atoms with van der Waals surface area (Å²) in [7, 11) is 1.81. The minimum Gasteiger partial charge on any atom is -0.326 e. The zero-order chi connectivity index (χ0) is 9.42. The molecule has 2 N–H and O–H groups in total. The molecule has 1 unspecified atom stereocenters. The van der Waals surface area contributed by atoms with Crippen LogP contribution in [0.5, 0.6) is 0 Å². The summed E-state index contributed by atoms with van der Waals surface area (Å²) in [5, 5.41) is 4.00. The zero-order valence-corrected chi connectivity index (χ0v) is 7.47. The monoisotopic (exact) mass is 180 g/mol. The first-order valence-electron chi connectivity index (χ1n) is 4.22. The normalized spacial score (nSPS) is 22.8. The first-order valence-corrected chi connectivity index (χ1v) is 4.22. The summed E-state index contributed by atoms with van der Waals surface area (Å²) in [5.74, 6) is 0.897. The fraction of sp³-hybridized carbons (Fsp3) is 0.500. The van der Waals surface area contributed by atoms with Crippen LogP contribution in [0.2, 0.25) is 0 Å². The summed E-state index contributed by atoms with van der Waals surface area (Å²) < 4.78 is 1.68. The lowest BCUT2D eigenvalue weighted by Gasteiger charge is -2.15. The van der Waals surface area contributed by atoms with Gasteiger partial charge in [0.2, 0.25) is 5.91 Å². The van der Waals surface area contributed by atoms with Crippen molar-refractivity contribution >= 4 is 11.7 Å². The van der Waals surface area contributed by atoms with Crippen molar-refractivity contribution in [1.82, 2.24) is 9.78 Å². The van der Waals surface area contributed by atoms with Crippen molar-refractivity contribution in [3.8, 4) is 0 Å². The van der Waals surface area contributed by atoms with Crippen molar-refractivity contribution in [3.05, 3.63) is 12.3 Å². The Morgan fingerprint density at radius 2 is 2.46 bits per heavy atom. The van der Waals surface area contributed by atoms with Crippen LogP contribution in [0.25, 0.3) is 0 Å². The third kappa shape index (κ3) is 1.31. The summed E-state index contributed by atoms with van der Waals surface area (Å²) in [5.41, 5.74) is 5.68. The predicted molar refractivity (Wildman–Crippen MR) is 48.2 cm³/mol. The third-order valence-corrected chi connectivity index (χ3v) is 2.23. The summed E-state index contributed by atoms with van der Waals surface area (Å²) in [6, 6.07) is 1.78. The Kier molecular flexibility index (Phi) is 1.81. The Balaban J connectivity index is 2.27. The number of nitrogens with two attached hydrogens (primary N) is 1. The average Bonchev–Trinajstić information content (AvgIpc) is 2.58. The largest absolute Gasteiger partial charge is 0.326 e. The molecule has 1 aliphatic rings. The van der Waals surface area contributed by atoms with Gasteiger partial charge in [0.05, 0.1) is 6.20 Å². The standard InChI is InChI=1S/C8H12N4O/c1-11-7(2-3-10-11)12-5-6(9)4-8(12)13/h2-3,6H,4-5,9H2,1H3. The van der Waals surface area contributed by atoms with Crippen LogP contribution in [-0.4, -0.2) is 28.3 Å². The van der Waals surface area contributed by atoms with Crippen LogP contribution < -0.4 is 10.6 Å². The molecule has 70 valence electrons. The summed E-state index contributed by atoms with van der Waals surface area (Å²) >= 11 is 0. The minimum atomic E-state index is -0.0394. The minimum absolute atomic E-state index is 0.0394. The molecule has 1 atom stereocenters. The van der Waals surface area contributed by atoms with E-state index in [1.165, 1.54) is 0 Å². The maximum atomic E-state index is 11.4. The van der Waals surface area contributed by atoms with Crippen LogP contribution in [0.1, 0.15) is 6.42 Å². The second-order valence-corrected chi connectivity index (χ2v) is 3.28. The van der Waals surface area contributed by atoms with E-state index in [4.69, 9.17) is 5.73 Å². The van der Waals surface area contributed by atoms with Crippen LogP contribution in [0.4, 0.5) is 5.82 Å². The number of nitrogens with zero attached hydrogens (tertiary/aromatic N) is 3. The van der Waals surface area contributed by atoms with Crippen LogP contribution in [0.3, 0.4) is 0 Å². The highest BCUT2D eigenvalue weighted by Crippen LogP contribution is 2.18. The second-order valence-electron chi connectivity index (χ2n) is 3.28. The Morgan fingerprint density at radius 1 is 1.69 bits per heavy atom. The molecular weight excluding hydrogens is 168 g/mol. The van der Waals surface area contributed by atoms with Crippen molar-refractivity contribution in [3.63, 3.8) is 0 Å². The van der Waals surface area contributed by atoms with Crippen LogP contribution in [-0.2, 0) is 11.8 Å². The number of aromatic nitrogens is 2. The predicted octanol–water partition coefficient (Wildman–Crippen LogP) is -0.516. The van der Waals surface area contributed by atoms with Gasteiger partial charge in [-0.2, -0.15) is 5.10 Å². The van der Waals surface area contributed by atoms with Gasteiger partial charge >= 0.3 is 0 Å². The molecule has 1 aliphatic heterocycles. The zero-order valence-electron chi connectivity index (χ0n) is 7.47. The molecule has 0 aromatic carbocycles. The molecule has 0 radical (unpaired) electrons. The molecule has 13 heavy (non-hydrogen) atoms. The number of carbonyl (C=O) groups excluding carboxylic acids is 1. The van der Waals surface area contributed by atoms with Gasteiger partial charge in [0.15, 0.2) is 0 Å². The highest BCUT2D eigenvalue weighted by molar-refractivity contribution is 5.95. The molecule has 2 rings (SSSR count). The van der Waals surface area contributed by atoms with Crippen molar-refractivity contribution in [2.45, 2.75) is 12.5 Å². The van der Waals surface area contributed by atoms with Gasteiger partial charge < -0.3 is 5.73 Å². The van der Waals surface area contributed by atoms with E-state index in [2.05, 4.69) is 5.10 Å². The molecule has 1 aromatic rings. The first-order chi connectivity index (χ1) is 6.18. The molecule has 0 spiro atoms. The van der Waals surface area contributed by atoms with Gasteiger partial charge in [-0.15, -0.1) is 0 Å². The summed E-state index contributed by atoms with van der Waals surface area (Å²) in [6.07, 6.45) is 2.11. The van der Waals surface area contributed by atoms with E-state index in [-0.39, 0.29) is 11.9 Å². The molecule has 1 saturated heterocycles. The molecule has 5 heteroatoms. The Hall–Kier alpha value is -1.36. The number of amides is 1. The van der Waals surface area contributed by atoms with Gasteiger partial charge in [0.1, 0.15) is 5.82 Å². The van der Waals surface area contributed by atoms with Crippen LogP contribution in [0, 0.1) is 0 Å². The van der Waals surface area contributed by atoms with Crippen molar-refractivity contribution in [2.24, 2.45) is 12.8 Å². The number of aryl methyl sites for hydroxylation is 1. The van der Waals surface area contributed by atoms with E-state index in [0.717, 1.165) is 5.82 Å². The third-order valence-electron chi connectivity index (χ3n) is 2.23. The first kappa shape index (κ1) is 8.25. The topological polar surface area (TPSA) is 64.2 Å². The second kappa shape index (κ2) is 2.85. The molecule has 1 amide bonds. The molecule has 1 fully saturated rings. The molecule has 1 aromatic heterocycles. The molecule has 0 saturated carbocycles. The molecule has 0 bridgehead atoms. The maximum Gasteiger partial charge on any atom is 0.229 e. The Bertz CT molecular complexity index is 333. The summed E-state index contributed by atoms with van der Waals surface area (Å²) in [6.45, 7) is 0.596. The van der Waals surface area contributed by atoms with Crippen molar-refractivity contribution < 1.29 is 4.79 Å². The van der Waals surface area contributed by atoms with E-state index < -0.39 is 0 Å². The van der Waals surface area contributed by atoms with E-state index in [1.54, 1.807) is 15.8 Å². The highest BCUT2D eigenvalue weighted by atomic mass is 16.2. The fourth-order valence-corrected chi connectivity index (χ4v) is 1.59.